The van der Waals surface area contributed by atoms with Gasteiger partial charge in [-0.05, 0) is 63.5 Å². The van der Waals surface area contributed by atoms with Gasteiger partial charge in [0.1, 0.15) is 0 Å². The summed E-state index contributed by atoms with van der Waals surface area (Å²) in [4.78, 5) is 6.95. The smallest absolute Gasteiger partial charge is 0.0746 e. The van der Waals surface area contributed by atoms with Gasteiger partial charge in [-0.3, -0.25) is 4.98 Å². The van der Waals surface area contributed by atoms with Crippen LogP contribution in [0.25, 0.3) is 10.9 Å². The zero-order valence-electron chi connectivity index (χ0n) is 12.9. The molecule has 0 aliphatic carbocycles. The van der Waals surface area contributed by atoms with Crippen molar-refractivity contribution in [2.75, 3.05) is 26.7 Å². The summed E-state index contributed by atoms with van der Waals surface area (Å²) >= 11 is 0. The van der Waals surface area contributed by atoms with E-state index in [1.165, 1.54) is 43.3 Å². The molecule has 0 amide bonds. The summed E-state index contributed by atoms with van der Waals surface area (Å²) in [7, 11) is 2.22. The Morgan fingerprint density at radius 3 is 2.86 bits per heavy atom. The SMILES string of the molecule is CN1CCC(CCNCc2cccc3cccnc23)CC1. The molecule has 1 aromatic heterocycles. The second-order valence-corrected chi connectivity index (χ2v) is 6.20. The van der Waals surface area contributed by atoms with Crippen LogP contribution < -0.4 is 5.32 Å². The Kier molecular flexibility index (Phi) is 4.84. The van der Waals surface area contributed by atoms with Gasteiger partial charge in [0.15, 0.2) is 0 Å². The van der Waals surface area contributed by atoms with E-state index in [0.717, 1.165) is 24.5 Å². The number of aromatic nitrogens is 1. The number of likely N-dealkylation sites (tertiary alicyclic amines) is 1. The van der Waals surface area contributed by atoms with Gasteiger partial charge in [0.05, 0.1) is 5.52 Å². The minimum absolute atomic E-state index is 0.902. The lowest BCUT2D eigenvalue weighted by atomic mass is 9.94. The summed E-state index contributed by atoms with van der Waals surface area (Å²) in [6.07, 6.45) is 5.89. The molecule has 0 bridgehead atoms. The van der Waals surface area contributed by atoms with Gasteiger partial charge >= 0.3 is 0 Å². The molecule has 21 heavy (non-hydrogen) atoms. The fourth-order valence-corrected chi connectivity index (χ4v) is 3.19. The van der Waals surface area contributed by atoms with Crippen LogP contribution in [0, 0.1) is 5.92 Å². The average Bonchev–Trinajstić information content (AvgIpc) is 2.53. The van der Waals surface area contributed by atoms with Crippen LogP contribution in [0.4, 0.5) is 0 Å². The number of para-hydroxylation sites is 1. The van der Waals surface area contributed by atoms with Crippen LogP contribution in [0.15, 0.2) is 36.5 Å². The molecule has 1 saturated heterocycles. The van der Waals surface area contributed by atoms with Crippen molar-refractivity contribution < 1.29 is 0 Å². The van der Waals surface area contributed by atoms with Crippen molar-refractivity contribution >= 4 is 10.9 Å². The highest BCUT2D eigenvalue weighted by molar-refractivity contribution is 5.81. The Bertz CT molecular complexity index is 568. The van der Waals surface area contributed by atoms with Crippen LogP contribution in [0.2, 0.25) is 0 Å². The Morgan fingerprint density at radius 1 is 1.19 bits per heavy atom. The van der Waals surface area contributed by atoms with E-state index in [4.69, 9.17) is 0 Å². The second-order valence-electron chi connectivity index (χ2n) is 6.20. The largest absolute Gasteiger partial charge is 0.313 e. The molecule has 1 fully saturated rings. The first-order valence-corrected chi connectivity index (χ1v) is 8.05. The maximum atomic E-state index is 4.51. The monoisotopic (exact) mass is 283 g/mol. The topological polar surface area (TPSA) is 28.2 Å². The molecule has 1 N–H and O–H groups in total. The molecule has 1 aliphatic rings. The summed E-state index contributed by atoms with van der Waals surface area (Å²) in [5.41, 5.74) is 2.43. The van der Waals surface area contributed by atoms with Crippen molar-refractivity contribution in [1.82, 2.24) is 15.2 Å². The Labute approximate surface area is 127 Å². The van der Waals surface area contributed by atoms with Crippen LogP contribution >= 0.6 is 0 Å². The van der Waals surface area contributed by atoms with Crippen molar-refractivity contribution in [2.24, 2.45) is 5.92 Å². The summed E-state index contributed by atoms with van der Waals surface area (Å²) in [6, 6.07) is 10.6. The van der Waals surface area contributed by atoms with Gasteiger partial charge in [0, 0.05) is 18.1 Å². The number of piperidine rings is 1. The summed E-state index contributed by atoms with van der Waals surface area (Å²) in [6.45, 7) is 4.55. The fourth-order valence-electron chi connectivity index (χ4n) is 3.19. The third-order valence-electron chi connectivity index (χ3n) is 4.60. The molecule has 3 nitrogen and oxygen atoms in total. The Hall–Kier alpha value is -1.45. The van der Waals surface area contributed by atoms with E-state index in [0.29, 0.717) is 0 Å². The number of fused-ring (bicyclic) bond motifs is 1. The minimum Gasteiger partial charge on any atom is -0.313 e. The minimum atomic E-state index is 0.902. The summed E-state index contributed by atoms with van der Waals surface area (Å²) < 4.78 is 0. The van der Waals surface area contributed by atoms with Gasteiger partial charge in [-0.15, -0.1) is 0 Å². The van der Waals surface area contributed by atoms with Crippen LogP contribution in [-0.2, 0) is 6.54 Å². The molecule has 2 aromatic rings. The van der Waals surface area contributed by atoms with Gasteiger partial charge in [-0.25, -0.2) is 0 Å². The van der Waals surface area contributed by atoms with Crippen molar-refractivity contribution in [1.29, 1.82) is 0 Å². The molecule has 0 spiro atoms. The normalized spacial score (nSPS) is 17.4. The lowest BCUT2D eigenvalue weighted by molar-refractivity contribution is 0.211. The lowest BCUT2D eigenvalue weighted by Crippen LogP contribution is -2.31. The first kappa shape index (κ1) is 14.5. The molecular weight excluding hydrogens is 258 g/mol. The van der Waals surface area contributed by atoms with Crippen LogP contribution in [0.1, 0.15) is 24.8 Å². The van der Waals surface area contributed by atoms with Crippen molar-refractivity contribution in [3.63, 3.8) is 0 Å². The van der Waals surface area contributed by atoms with Crippen molar-refractivity contribution in [2.45, 2.75) is 25.8 Å². The Morgan fingerprint density at radius 2 is 2.00 bits per heavy atom. The van der Waals surface area contributed by atoms with E-state index < -0.39 is 0 Å². The first-order chi connectivity index (χ1) is 10.3. The number of nitrogens with one attached hydrogen (secondary N) is 1. The molecule has 1 aliphatic heterocycles. The molecule has 0 radical (unpaired) electrons. The van der Waals surface area contributed by atoms with Crippen LogP contribution in [-0.4, -0.2) is 36.6 Å². The Balaban J connectivity index is 1.48. The molecule has 0 atom stereocenters. The quantitative estimate of drug-likeness (QED) is 0.855. The van der Waals surface area contributed by atoms with E-state index in [-0.39, 0.29) is 0 Å². The predicted molar refractivity (Wildman–Crippen MR) is 88.3 cm³/mol. The zero-order valence-corrected chi connectivity index (χ0v) is 12.9. The molecule has 0 unspecified atom stereocenters. The molecule has 3 rings (SSSR count). The molecule has 2 heterocycles. The number of hydrogen-bond donors (Lipinski definition) is 1. The summed E-state index contributed by atoms with van der Waals surface area (Å²) in [5.74, 6) is 0.902. The van der Waals surface area contributed by atoms with Crippen molar-refractivity contribution in [3.8, 4) is 0 Å². The number of pyridine rings is 1. The number of hydrogen-bond acceptors (Lipinski definition) is 3. The molecule has 112 valence electrons. The van der Waals surface area contributed by atoms with E-state index in [2.05, 4.69) is 46.5 Å². The second kappa shape index (κ2) is 7.01. The number of rotatable bonds is 5. The van der Waals surface area contributed by atoms with E-state index in [1.807, 2.05) is 12.3 Å². The average molecular weight is 283 g/mol. The van der Waals surface area contributed by atoms with Gasteiger partial charge in [-0.2, -0.15) is 0 Å². The highest BCUT2D eigenvalue weighted by Gasteiger charge is 2.15. The van der Waals surface area contributed by atoms with Gasteiger partial charge in [0.2, 0.25) is 0 Å². The first-order valence-electron chi connectivity index (χ1n) is 8.05. The zero-order chi connectivity index (χ0) is 14.5. The third-order valence-corrected chi connectivity index (χ3v) is 4.60. The lowest BCUT2D eigenvalue weighted by Gasteiger charge is -2.28. The predicted octanol–water partition coefficient (Wildman–Crippen LogP) is 3.06. The highest BCUT2D eigenvalue weighted by Crippen LogP contribution is 2.19. The van der Waals surface area contributed by atoms with Crippen molar-refractivity contribution in [3.05, 3.63) is 42.1 Å². The van der Waals surface area contributed by atoms with E-state index >= 15 is 0 Å². The standard InChI is InChI=1S/C18H25N3/c1-21-12-8-15(9-13-21)7-11-19-14-17-5-2-4-16-6-3-10-20-18(16)17/h2-6,10,15,19H,7-9,11-14H2,1H3. The molecule has 1 aromatic carbocycles. The third kappa shape index (κ3) is 3.80. The number of nitrogens with zero attached hydrogens (tertiary/aromatic N) is 2. The van der Waals surface area contributed by atoms with Gasteiger partial charge in [-0.1, -0.05) is 24.3 Å². The molecule has 3 heteroatoms. The molecule has 0 saturated carbocycles. The highest BCUT2D eigenvalue weighted by atomic mass is 15.1. The van der Waals surface area contributed by atoms with Crippen LogP contribution in [0.3, 0.4) is 0 Å². The van der Waals surface area contributed by atoms with E-state index in [1.54, 1.807) is 0 Å². The maximum Gasteiger partial charge on any atom is 0.0746 e. The van der Waals surface area contributed by atoms with Gasteiger partial charge < -0.3 is 10.2 Å². The maximum absolute atomic E-state index is 4.51. The summed E-state index contributed by atoms with van der Waals surface area (Å²) in [5, 5.41) is 4.83. The van der Waals surface area contributed by atoms with E-state index in [9.17, 15) is 0 Å². The van der Waals surface area contributed by atoms with Crippen LogP contribution in [0.5, 0.6) is 0 Å². The van der Waals surface area contributed by atoms with Gasteiger partial charge in [0.25, 0.3) is 0 Å². The number of benzene rings is 1. The fraction of sp³-hybridized carbons (Fsp3) is 0.500. The molecular formula is C18H25N3.